The molecule has 26 heavy (non-hydrogen) atoms. The van der Waals surface area contributed by atoms with Gasteiger partial charge < -0.3 is 5.32 Å². The second-order valence-electron chi connectivity index (χ2n) is 4.81. The first-order valence-electron chi connectivity index (χ1n) is 6.94. The van der Waals surface area contributed by atoms with Gasteiger partial charge in [-0.15, -0.1) is 0 Å². The summed E-state index contributed by atoms with van der Waals surface area (Å²) in [5.41, 5.74) is -5.01. The summed E-state index contributed by atoms with van der Waals surface area (Å²) in [6.07, 6.45) is 0. The molecule has 0 spiro atoms. The minimum Gasteiger partial charge on any atom is -0.324 e. The maximum atomic E-state index is 12.5. The van der Waals surface area contributed by atoms with Crippen molar-refractivity contribution in [2.75, 3.05) is 11.1 Å². The summed E-state index contributed by atoms with van der Waals surface area (Å²) in [5, 5.41) is 13.2. The second-order valence-corrected chi connectivity index (χ2v) is 7.33. The molecule has 6 nitrogen and oxygen atoms in total. The minimum absolute atomic E-state index is 0.0839. The zero-order chi connectivity index (χ0) is 19.3. The fourth-order valence-electron chi connectivity index (χ4n) is 1.97. The number of benzene rings is 2. The molecule has 138 valence electrons. The molecule has 0 fully saturated rings. The van der Waals surface area contributed by atoms with E-state index in [1.165, 1.54) is 42.5 Å². The van der Waals surface area contributed by atoms with Gasteiger partial charge >= 0.3 is 5.51 Å². The molecule has 0 saturated carbocycles. The molecule has 0 saturated heterocycles. The fourth-order valence-corrected chi connectivity index (χ4v) is 3.66. The monoisotopic (exact) mass is 404 g/mol. The number of alkyl halides is 3. The third kappa shape index (κ3) is 5.56. The number of amides is 1. The molecule has 1 amide bonds. The van der Waals surface area contributed by atoms with Gasteiger partial charge in [0.2, 0.25) is 5.91 Å². The molecule has 0 aliphatic carbocycles. The third-order valence-electron chi connectivity index (χ3n) is 2.96. The van der Waals surface area contributed by atoms with Gasteiger partial charge in [0.1, 0.15) is 10.6 Å². The number of nitrogens with zero attached hydrogens (tertiary/aromatic N) is 1. The number of nitro groups is 1. The zero-order valence-corrected chi connectivity index (χ0v) is 14.5. The number of hydrogen-bond acceptors (Lipinski definition) is 5. The van der Waals surface area contributed by atoms with Gasteiger partial charge in [0, 0.05) is 11.0 Å². The van der Waals surface area contributed by atoms with Crippen molar-refractivity contribution in [1.82, 2.24) is 0 Å². The predicted molar refractivity (Wildman–Crippen MR) is 91.4 cm³/mol. The lowest BCUT2D eigenvalue weighted by atomic mass is 10.3. The highest BCUT2D eigenvalue weighted by atomic mass is 32.2. The fraction of sp³-hybridized carbons (Fsp3) is 0.133. The van der Waals surface area contributed by atoms with Crippen LogP contribution in [-0.2, 0) is 15.6 Å². The first kappa shape index (κ1) is 19.9. The second kappa shape index (κ2) is 8.32. The number of halogens is 3. The van der Waals surface area contributed by atoms with E-state index in [2.05, 4.69) is 5.32 Å². The van der Waals surface area contributed by atoms with E-state index >= 15 is 0 Å². The summed E-state index contributed by atoms with van der Waals surface area (Å²) in [5.74, 6) is -1.45. The van der Waals surface area contributed by atoms with Gasteiger partial charge in [0.05, 0.1) is 21.4 Å². The van der Waals surface area contributed by atoms with Crippen molar-refractivity contribution in [3.8, 4) is 0 Å². The van der Waals surface area contributed by atoms with Crippen molar-refractivity contribution in [3.63, 3.8) is 0 Å². The summed E-state index contributed by atoms with van der Waals surface area (Å²) in [4.78, 5) is 21.9. The lowest BCUT2D eigenvalue weighted by Gasteiger charge is -2.12. The number of rotatable bonds is 6. The molecule has 2 aromatic carbocycles. The van der Waals surface area contributed by atoms with Gasteiger partial charge in [-0.3, -0.25) is 19.1 Å². The van der Waals surface area contributed by atoms with Crippen molar-refractivity contribution in [1.29, 1.82) is 0 Å². The Labute approximate surface area is 152 Å². The van der Waals surface area contributed by atoms with Crippen LogP contribution in [0.1, 0.15) is 0 Å². The number of anilines is 1. The van der Waals surface area contributed by atoms with Gasteiger partial charge in [-0.1, -0.05) is 24.3 Å². The van der Waals surface area contributed by atoms with E-state index < -0.39 is 38.6 Å². The Kier molecular flexibility index (Phi) is 6.37. The summed E-state index contributed by atoms with van der Waals surface area (Å²) < 4.78 is 49.9. The largest absolute Gasteiger partial charge is 0.446 e. The number of carbonyl (C=O) groups is 1. The molecule has 1 atom stereocenters. The van der Waals surface area contributed by atoms with E-state index in [0.29, 0.717) is 0 Å². The SMILES string of the molecule is O=C(CS(=O)c1ccccc1[N+](=O)[O-])Nc1ccccc1SC(F)(F)F. The Morgan fingerprint density at radius 2 is 1.77 bits per heavy atom. The maximum Gasteiger partial charge on any atom is 0.446 e. The van der Waals surface area contributed by atoms with Crippen LogP contribution in [0.4, 0.5) is 24.5 Å². The lowest BCUT2D eigenvalue weighted by molar-refractivity contribution is -0.387. The van der Waals surface area contributed by atoms with E-state index in [4.69, 9.17) is 0 Å². The highest BCUT2D eigenvalue weighted by Crippen LogP contribution is 2.40. The van der Waals surface area contributed by atoms with Gasteiger partial charge in [-0.25, -0.2) is 0 Å². The molecule has 1 unspecified atom stereocenters. The molecule has 11 heteroatoms. The third-order valence-corrected chi connectivity index (χ3v) is 5.12. The van der Waals surface area contributed by atoms with E-state index in [0.717, 1.165) is 6.07 Å². The summed E-state index contributed by atoms with van der Waals surface area (Å²) >= 11 is -0.389. The molecule has 0 heterocycles. The lowest BCUT2D eigenvalue weighted by Crippen LogP contribution is -2.20. The van der Waals surface area contributed by atoms with E-state index in [1.807, 2.05) is 0 Å². The standard InChI is InChI=1S/C15H11F3N2O4S2/c16-15(17,18)25-12-7-3-1-5-10(12)19-14(21)9-26(24)13-8-4-2-6-11(13)20(22)23/h1-8H,9H2,(H,19,21). The normalized spacial score (nSPS) is 12.4. The van der Waals surface area contributed by atoms with Gasteiger partial charge in [-0.2, -0.15) is 13.2 Å². The van der Waals surface area contributed by atoms with Crippen LogP contribution in [0.5, 0.6) is 0 Å². The summed E-state index contributed by atoms with van der Waals surface area (Å²) in [6, 6.07) is 10.5. The van der Waals surface area contributed by atoms with E-state index in [-0.39, 0.29) is 27.2 Å². The van der Waals surface area contributed by atoms with Crippen molar-refractivity contribution in [2.24, 2.45) is 0 Å². The number of thioether (sulfide) groups is 1. The number of hydrogen-bond donors (Lipinski definition) is 1. The Balaban J connectivity index is 2.13. The topological polar surface area (TPSA) is 89.3 Å². The quantitative estimate of drug-likeness (QED) is 0.447. The Morgan fingerprint density at radius 1 is 1.15 bits per heavy atom. The molecule has 1 N–H and O–H groups in total. The molecular formula is C15H11F3N2O4S2. The van der Waals surface area contributed by atoms with Crippen LogP contribution in [0.3, 0.4) is 0 Å². The summed E-state index contributed by atoms with van der Waals surface area (Å²) in [6.45, 7) is 0. The Morgan fingerprint density at radius 3 is 2.42 bits per heavy atom. The highest BCUT2D eigenvalue weighted by Gasteiger charge is 2.30. The van der Waals surface area contributed by atoms with Gasteiger partial charge in [0.25, 0.3) is 5.69 Å². The predicted octanol–water partition coefficient (Wildman–Crippen LogP) is 3.95. The van der Waals surface area contributed by atoms with Crippen LogP contribution in [0.2, 0.25) is 0 Å². The van der Waals surface area contributed by atoms with E-state index in [1.54, 1.807) is 0 Å². The zero-order valence-electron chi connectivity index (χ0n) is 12.9. The highest BCUT2D eigenvalue weighted by molar-refractivity contribution is 8.00. The number of nitro benzene ring substituents is 1. The number of carbonyl (C=O) groups excluding carboxylic acids is 1. The van der Waals surface area contributed by atoms with Crippen molar-refractivity contribution < 1.29 is 27.1 Å². The molecule has 2 aromatic rings. The van der Waals surface area contributed by atoms with E-state index in [9.17, 15) is 32.3 Å². The van der Waals surface area contributed by atoms with Crippen molar-refractivity contribution in [2.45, 2.75) is 15.3 Å². The molecular weight excluding hydrogens is 393 g/mol. The molecule has 0 aliphatic heterocycles. The van der Waals surface area contributed by atoms with Crippen LogP contribution < -0.4 is 5.32 Å². The molecule has 0 bridgehead atoms. The first-order chi connectivity index (χ1) is 12.2. The molecule has 2 rings (SSSR count). The van der Waals surface area contributed by atoms with Crippen LogP contribution >= 0.6 is 11.8 Å². The Hall–Kier alpha value is -2.40. The van der Waals surface area contributed by atoms with Crippen molar-refractivity contribution >= 4 is 39.8 Å². The van der Waals surface area contributed by atoms with Crippen LogP contribution in [-0.4, -0.2) is 26.3 Å². The minimum atomic E-state index is -4.53. The number of para-hydroxylation sites is 2. The first-order valence-corrected chi connectivity index (χ1v) is 9.07. The van der Waals surface area contributed by atoms with Crippen LogP contribution in [0.15, 0.2) is 58.3 Å². The van der Waals surface area contributed by atoms with Crippen molar-refractivity contribution in [3.05, 3.63) is 58.6 Å². The maximum absolute atomic E-state index is 12.5. The van der Waals surface area contributed by atoms with Gasteiger partial charge in [0.15, 0.2) is 0 Å². The summed E-state index contributed by atoms with van der Waals surface area (Å²) in [7, 11) is -2.03. The average Bonchev–Trinajstić information content (AvgIpc) is 2.55. The molecule has 0 aliphatic rings. The molecule has 0 aromatic heterocycles. The molecule has 0 radical (unpaired) electrons. The number of nitrogens with one attached hydrogen (secondary N) is 1. The smallest absolute Gasteiger partial charge is 0.324 e. The Bertz CT molecular complexity index is 859. The van der Waals surface area contributed by atoms with Crippen LogP contribution in [0, 0.1) is 10.1 Å². The van der Waals surface area contributed by atoms with Gasteiger partial charge in [-0.05, 0) is 30.0 Å². The average molecular weight is 404 g/mol. The van der Waals surface area contributed by atoms with Crippen LogP contribution in [0.25, 0.3) is 0 Å².